The van der Waals surface area contributed by atoms with E-state index >= 15 is 0 Å². The molecule has 5 nitrogen and oxygen atoms in total. The van der Waals surface area contributed by atoms with Crippen molar-refractivity contribution in [3.63, 3.8) is 0 Å². The number of carbonyl (C=O) groups excluding carboxylic acids is 1. The van der Waals surface area contributed by atoms with Crippen molar-refractivity contribution in [2.45, 2.75) is 44.8 Å². The van der Waals surface area contributed by atoms with E-state index in [2.05, 4.69) is 22.1 Å². The van der Waals surface area contributed by atoms with Gasteiger partial charge in [0.2, 0.25) is 0 Å². The van der Waals surface area contributed by atoms with Crippen LogP contribution in [0.2, 0.25) is 0 Å². The molecule has 2 aromatic heterocycles. The molecule has 0 spiro atoms. The molecule has 4 aromatic rings. The third-order valence-electron chi connectivity index (χ3n) is 6.25. The van der Waals surface area contributed by atoms with Gasteiger partial charge in [-0.05, 0) is 66.6 Å². The van der Waals surface area contributed by atoms with Crippen LogP contribution in [0.15, 0.2) is 85.6 Å². The lowest BCUT2D eigenvalue weighted by molar-refractivity contribution is 0.0972. The normalized spacial score (nSPS) is 14.0. The summed E-state index contributed by atoms with van der Waals surface area (Å²) in [6.45, 7) is 0.652. The Bertz CT molecular complexity index is 1200. The Morgan fingerprint density at radius 2 is 1.82 bits per heavy atom. The summed E-state index contributed by atoms with van der Waals surface area (Å²) in [7, 11) is 0. The van der Waals surface area contributed by atoms with Crippen LogP contribution in [0.1, 0.15) is 51.7 Å². The maximum absolute atomic E-state index is 12.6. The van der Waals surface area contributed by atoms with Gasteiger partial charge in [0.1, 0.15) is 11.9 Å². The average molecular weight is 438 g/mol. The van der Waals surface area contributed by atoms with Crippen LogP contribution < -0.4 is 4.74 Å². The fraction of sp³-hybridized carbons (Fsp3) is 0.250. The summed E-state index contributed by atoms with van der Waals surface area (Å²) in [5.74, 6) is 1.09. The van der Waals surface area contributed by atoms with Crippen molar-refractivity contribution in [1.82, 2.24) is 14.5 Å². The molecular formula is C28H27N3O2. The van der Waals surface area contributed by atoms with E-state index in [-0.39, 0.29) is 11.9 Å². The molecule has 0 amide bonds. The average Bonchev–Trinajstić information content (AvgIpc) is 3.37. The summed E-state index contributed by atoms with van der Waals surface area (Å²) >= 11 is 0. The van der Waals surface area contributed by atoms with Crippen LogP contribution in [0.5, 0.6) is 5.75 Å². The van der Waals surface area contributed by atoms with Crippen molar-refractivity contribution in [2.75, 3.05) is 0 Å². The highest BCUT2D eigenvalue weighted by molar-refractivity contribution is 5.99. The van der Waals surface area contributed by atoms with Crippen molar-refractivity contribution >= 4 is 5.78 Å². The van der Waals surface area contributed by atoms with Gasteiger partial charge in [-0.1, -0.05) is 36.4 Å². The summed E-state index contributed by atoms with van der Waals surface area (Å²) in [5.41, 5.74) is 5.29. The van der Waals surface area contributed by atoms with Crippen molar-refractivity contribution < 1.29 is 9.53 Å². The zero-order chi connectivity index (χ0) is 22.5. The molecule has 166 valence electrons. The number of imidazole rings is 1. The maximum atomic E-state index is 12.6. The summed E-state index contributed by atoms with van der Waals surface area (Å²) in [6, 6.07) is 20.2. The topological polar surface area (TPSA) is 57.0 Å². The molecule has 0 unspecified atom stereocenters. The first-order chi connectivity index (χ1) is 16.3. The number of hydrogen-bond acceptors (Lipinski definition) is 4. The van der Waals surface area contributed by atoms with Crippen LogP contribution in [0.3, 0.4) is 0 Å². The first-order valence-electron chi connectivity index (χ1n) is 11.5. The number of hydrogen-bond donors (Lipinski definition) is 0. The molecule has 5 rings (SSSR count). The largest absolute Gasteiger partial charge is 0.484 e. The number of nitrogens with zero attached hydrogens (tertiary/aromatic N) is 3. The van der Waals surface area contributed by atoms with Crippen LogP contribution in [0, 0.1) is 0 Å². The second-order valence-electron chi connectivity index (χ2n) is 8.44. The Hall–Kier alpha value is -3.73. The smallest absolute Gasteiger partial charge is 0.163 e. The van der Waals surface area contributed by atoms with Gasteiger partial charge in [-0.25, -0.2) is 4.98 Å². The van der Waals surface area contributed by atoms with Crippen molar-refractivity contribution in [1.29, 1.82) is 0 Å². The molecule has 2 aromatic carbocycles. The third kappa shape index (κ3) is 4.87. The van der Waals surface area contributed by atoms with E-state index in [1.54, 1.807) is 6.20 Å². The van der Waals surface area contributed by atoms with Gasteiger partial charge in [0, 0.05) is 36.3 Å². The van der Waals surface area contributed by atoms with E-state index in [9.17, 15) is 4.79 Å². The Morgan fingerprint density at radius 1 is 0.939 bits per heavy atom. The number of ketones is 1. The van der Waals surface area contributed by atoms with E-state index in [0.717, 1.165) is 59.4 Å². The van der Waals surface area contributed by atoms with Gasteiger partial charge in [-0.15, -0.1) is 0 Å². The van der Waals surface area contributed by atoms with Crippen LogP contribution in [-0.2, 0) is 25.8 Å². The van der Waals surface area contributed by atoms with Gasteiger partial charge >= 0.3 is 0 Å². The fourth-order valence-electron chi connectivity index (χ4n) is 4.58. The Balaban J connectivity index is 1.50. The van der Waals surface area contributed by atoms with Gasteiger partial charge in [-0.2, -0.15) is 0 Å². The third-order valence-corrected chi connectivity index (χ3v) is 6.25. The quantitative estimate of drug-likeness (QED) is 0.370. The SMILES string of the molecule is O=C1CCCc2c1ccc(O[C@H](Cn1ccnc1)c1ccccc1)c2CCc1ccccn1. The number of aryl methyl sites for hydroxylation is 1. The molecule has 2 heterocycles. The van der Waals surface area contributed by atoms with Gasteiger partial charge in [0.05, 0.1) is 12.9 Å². The highest BCUT2D eigenvalue weighted by atomic mass is 16.5. The summed E-state index contributed by atoms with van der Waals surface area (Å²) in [5, 5.41) is 0. The predicted octanol–water partition coefficient (Wildman–Crippen LogP) is 5.40. The summed E-state index contributed by atoms with van der Waals surface area (Å²) in [6.07, 6.45) is 11.2. The lowest BCUT2D eigenvalue weighted by Gasteiger charge is -2.26. The zero-order valence-electron chi connectivity index (χ0n) is 18.6. The monoisotopic (exact) mass is 437 g/mol. The van der Waals surface area contributed by atoms with E-state index in [1.165, 1.54) is 0 Å². The lowest BCUT2D eigenvalue weighted by Crippen LogP contribution is -2.18. The molecule has 0 N–H and O–H groups in total. The summed E-state index contributed by atoms with van der Waals surface area (Å²) < 4.78 is 8.75. The molecule has 0 radical (unpaired) electrons. The standard InChI is InChI=1S/C28H27N3O2/c32-26-11-6-10-23-24(26)14-15-27(25(23)13-12-22-9-4-5-16-30-22)33-28(19-31-18-17-29-20-31)21-7-2-1-3-8-21/h1-5,7-9,14-18,20,28H,6,10-13,19H2/t28-/m1/s1. The van der Waals surface area contributed by atoms with Gasteiger partial charge in [-0.3, -0.25) is 9.78 Å². The van der Waals surface area contributed by atoms with Crippen molar-refractivity contribution in [3.05, 3.63) is 114 Å². The molecular weight excluding hydrogens is 410 g/mol. The number of benzene rings is 2. The number of rotatable bonds is 8. The van der Waals surface area contributed by atoms with Crippen LogP contribution in [-0.4, -0.2) is 20.3 Å². The number of fused-ring (bicyclic) bond motifs is 1. The first-order valence-corrected chi connectivity index (χ1v) is 11.5. The minimum Gasteiger partial charge on any atom is -0.484 e. The highest BCUT2D eigenvalue weighted by Gasteiger charge is 2.24. The molecule has 33 heavy (non-hydrogen) atoms. The van der Waals surface area contributed by atoms with E-state index in [4.69, 9.17) is 4.74 Å². The molecule has 0 saturated carbocycles. The van der Waals surface area contributed by atoms with Crippen molar-refractivity contribution in [3.8, 4) is 5.75 Å². The zero-order valence-corrected chi connectivity index (χ0v) is 18.6. The highest BCUT2D eigenvalue weighted by Crippen LogP contribution is 2.35. The second kappa shape index (κ2) is 9.82. The molecule has 5 heteroatoms. The van der Waals surface area contributed by atoms with E-state index < -0.39 is 0 Å². The van der Waals surface area contributed by atoms with E-state index in [0.29, 0.717) is 13.0 Å². The van der Waals surface area contributed by atoms with Crippen molar-refractivity contribution in [2.24, 2.45) is 0 Å². The molecule has 1 aliphatic rings. The Labute approximate surface area is 194 Å². The Morgan fingerprint density at radius 3 is 2.61 bits per heavy atom. The second-order valence-corrected chi connectivity index (χ2v) is 8.44. The number of aromatic nitrogens is 3. The lowest BCUT2D eigenvalue weighted by atomic mass is 9.85. The summed E-state index contributed by atoms with van der Waals surface area (Å²) in [4.78, 5) is 21.3. The molecule has 0 aliphatic heterocycles. The van der Waals surface area contributed by atoms with Gasteiger partial charge in [0.15, 0.2) is 5.78 Å². The van der Waals surface area contributed by atoms with Crippen LogP contribution in [0.25, 0.3) is 0 Å². The molecule has 0 saturated heterocycles. The van der Waals surface area contributed by atoms with Gasteiger partial charge < -0.3 is 9.30 Å². The fourth-order valence-corrected chi connectivity index (χ4v) is 4.58. The van der Waals surface area contributed by atoms with Crippen LogP contribution >= 0.6 is 0 Å². The molecule has 0 bridgehead atoms. The number of carbonyl (C=O) groups is 1. The number of pyridine rings is 1. The molecule has 1 aliphatic carbocycles. The Kier molecular flexibility index (Phi) is 6.29. The first kappa shape index (κ1) is 21.1. The molecule has 1 atom stereocenters. The van der Waals surface area contributed by atoms with Gasteiger partial charge in [0.25, 0.3) is 0 Å². The molecule has 0 fully saturated rings. The predicted molar refractivity (Wildman–Crippen MR) is 127 cm³/mol. The minimum atomic E-state index is -0.175. The maximum Gasteiger partial charge on any atom is 0.163 e. The van der Waals surface area contributed by atoms with E-state index in [1.807, 2.05) is 71.8 Å². The number of ether oxygens (including phenoxy) is 1. The minimum absolute atomic E-state index is 0.175. The van der Waals surface area contributed by atoms with Crippen LogP contribution in [0.4, 0.5) is 0 Å². The number of Topliss-reactive ketones (excluding diaryl/α,β-unsaturated/α-hetero) is 1.